The van der Waals surface area contributed by atoms with E-state index in [0.717, 1.165) is 24.8 Å². The molecule has 102 valence electrons. The Morgan fingerprint density at radius 1 is 1.33 bits per heavy atom. The van der Waals surface area contributed by atoms with Crippen molar-refractivity contribution in [3.63, 3.8) is 0 Å². The van der Waals surface area contributed by atoms with Crippen LogP contribution in [0.1, 0.15) is 45.4 Å². The van der Waals surface area contributed by atoms with Gasteiger partial charge in [0, 0.05) is 7.05 Å². The van der Waals surface area contributed by atoms with Gasteiger partial charge in [-0.2, -0.15) is 0 Å². The maximum Gasteiger partial charge on any atom is 0.246 e. The van der Waals surface area contributed by atoms with Gasteiger partial charge in [0.2, 0.25) is 11.8 Å². The molecule has 1 saturated carbocycles. The maximum atomic E-state index is 11.7. The molecule has 1 aliphatic carbocycles. The summed E-state index contributed by atoms with van der Waals surface area (Å²) in [6.07, 6.45) is 6.81. The molecule has 0 spiro atoms. The average molecular weight is 252 g/mol. The number of likely N-dealkylation sites (tertiary alicyclic amines) is 1. The van der Waals surface area contributed by atoms with Crippen molar-refractivity contribution < 1.29 is 9.59 Å². The van der Waals surface area contributed by atoms with Crippen molar-refractivity contribution in [3.8, 4) is 0 Å². The molecule has 3 atom stereocenters. The van der Waals surface area contributed by atoms with Crippen molar-refractivity contribution in [3.05, 3.63) is 0 Å². The van der Waals surface area contributed by atoms with E-state index in [1.165, 1.54) is 30.6 Å². The molecule has 1 N–H and O–H groups in total. The van der Waals surface area contributed by atoms with Crippen LogP contribution in [-0.2, 0) is 9.59 Å². The Hall–Kier alpha value is -0.900. The fourth-order valence-electron chi connectivity index (χ4n) is 3.20. The first-order valence-electron chi connectivity index (χ1n) is 7.11. The van der Waals surface area contributed by atoms with E-state index in [9.17, 15) is 9.59 Å². The van der Waals surface area contributed by atoms with E-state index in [0.29, 0.717) is 6.42 Å². The van der Waals surface area contributed by atoms with E-state index < -0.39 is 0 Å². The molecule has 2 aliphatic rings. The Morgan fingerprint density at radius 2 is 2.11 bits per heavy atom. The largest absolute Gasteiger partial charge is 0.305 e. The molecule has 3 unspecified atom stereocenters. The van der Waals surface area contributed by atoms with E-state index in [4.69, 9.17) is 0 Å². The third-order valence-electron chi connectivity index (χ3n) is 4.37. The van der Waals surface area contributed by atoms with Crippen molar-refractivity contribution >= 4 is 11.8 Å². The number of amides is 2. The molecule has 4 heteroatoms. The standard InChI is InChI=1S/C14H24N2O2/c1-10-4-3-5-11(8-10)6-7-15-12-9-13(17)16(2)14(12)18/h10-12,15H,3-9H2,1-2H3. The first-order chi connectivity index (χ1) is 8.58. The Bertz CT molecular complexity index is 330. The van der Waals surface area contributed by atoms with Crippen LogP contribution in [0.15, 0.2) is 0 Å². The number of likely N-dealkylation sites (N-methyl/N-ethyl adjacent to an activating group) is 1. The van der Waals surface area contributed by atoms with Gasteiger partial charge in [-0.05, 0) is 31.2 Å². The van der Waals surface area contributed by atoms with E-state index in [2.05, 4.69) is 12.2 Å². The minimum atomic E-state index is -0.275. The number of carbonyl (C=O) groups excluding carboxylic acids is 2. The summed E-state index contributed by atoms with van der Waals surface area (Å²) in [4.78, 5) is 24.3. The normalized spacial score (nSPS) is 33.2. The second-order valence-corrected chi connectivity index (χ2v) is 5.93. The van der Waals surface area contributed by atoms with Crippen LogP contribution in [0.4, 0.5) is 0 Å². The monoisotopic (exact) mass is 252 g/mol. The summed E-state index contributed by atoms with van der Waals surface area (Å²) in [5, 5.41) is 3.24. The molecule has 2 fully saturated rings. The van der Waals surface area contributed by atoms with Crippen LogP contribution in [0.5, 0.6) is 0 Å². The van der Waals surface area contributed by atoms with Crippen molar-refractivity contribution in [2.75, 3.05) is 13.6 Å². The van der Waals surface area contributed by atoms with Gasteiger partial charge in [-0.1, -0.05) is 26.2 Å². The van der Waals surface area contributed by atoms with Gasteiger partial charge >= 0.3 is 0 Å². The highest BCUT2D eigenvalue weighted by Crippen LogP contribution is 2.30. The zero-order chi connectivity index (χ0) is 13.1. The first-order valence-corrected chi connectivity index (χ1v) is 7.11. The highest BCUT2D eigenvalue weighted by Gasteiger charge is 2.35. The molecule has 4 nitrogen and oxygen atoms in total. The Morgan fingerprint density at radius 3 is 2.72 bits per heavy atom. The molecular weight excluding hydrogens is 228 g/mol. The van der Waals surface area contributed by atoms with E-state index in [1.807, 2.05) is 0 Å². The Kier molecular flexibility index (Phi) is 4.38. The average Bonchev–Trinajstić information content (AvgIpc) is 2.57. The van der Waals surface area contributed by atoms with Gasteiger partial charge in [-0.25, -0.2) is 0 Å². The molecule has 0 radical (unpaired) electrons. The van der Waals surface area contributed by atoms with Gasteiger partial charge in [0.25, 0.3) is 0 Å². The Labute approximate surface area is 109 Å². The third kappa shape index (κ3) is 3.10. The fourth-order valence-corrected chi connectivity index (χ4v) is 3.20. The van der Waals surface area contributed by atoms with Gasteiger partial charge in [-0.15, -0.1) is 0 Å². The minimum absolute atomic E-state index is 0.0659. The van der Waals surface area contributed by atoms with Gasteiger partial charge < -0.3 is 5.32 Å². The molecule has 0 aromatic heterocycles. The quantitative estimate of drug-likeness (QED) is 0.772. The van der Waals surface area contributed by atoms with Gasteiger partial charge in [0.15, 0.2) is 0 Å². The van der Waals surface area contributed by atoms with Gasteiger partial charge in [0.05, 0.1) is 12.5 Å². The van der Waals surface area contributed by atoms with Crippen molar-refractivity contribution in [2.45, 2.75) is 51.5 Å². The SMILES string of the molecule is CC1CCCC(CCNC2CC(=O)N(C)C2=O)C1. The van der Waals surface area contributed by atoms with Crippen LogP contribution in [0.2, 0.25) is 0 Å². The van der Waals surface area contributed by atoms with Crippen molar-refractivity contribution in [2.24, 2.45) is 11.8 Å². The minimum Gasteiger partial charge on any atom is -0.305 e. The highest BCUT2D eigenvalue weighted by molar-refractivity contribution is 6.05. The molecule has 2 amide bonds. The summed E-state index contributed by atoms with van der Waals surface area (Å²) in [7, 11) is 1.56. The first kappa shape index (κ1) is 13.5. The summed E-state index contributed by atoms with van der Waals surface area (Å²) < 4.78 is 0. The lowest BCUT2D eigenvalue weighted by molar-refractivity contribution is -0.137. The molecular formula is C14H24N2O2. The lowest BCUT2D eigenvalue weighted by atomic mass is 9.81. The summed E-state index contributed by atoms with van der Waals surface area (Å²) in [6, 6.07) is -0.275. The molecule has 18 heavy (non-hydrogen) atoms. The smallest absolute Gasteiger partial charge is 0.246 e. The van der Waals surface area contributed by atoms with E-state index in [1.54, 1.807) is 7.05 Å². The molecule has 0 aromatic carbocycles. The lowest BCUT2D eigenvalue weighted by Gasteiger charge is -2.27. The summed E-state index contributed by atoms with van der Waals surface area (Å²) in [5.41, 5.74) is 0. The summed E-state index contributed by atoms with van der Waals surface area (Å²) in [6.45, 7) is 3.18. The molecule has 1 aliphatic heterocycles. The van der Waals surface area contributed by atoms with Crippen LogP contribution in [0.25, 0.3) is 0 Å². The lowest BCUT2D eigenvalue weighted by Crippen LogP contribution is -2.38. The van der Waals surface area contributed by atoms with Gasteiger partial charge in [-0.3, -0.25) is 14.5 Å². The number of imide groups is 1. The zero-order valence-electron chi connectivity index (χ0n) is 11.4. The van der Waals surface area contributed by atoms with Crippen molar-refractivity contribution in [1.82, 2.24) is 10.2 Å². The molecule has 1 saturated heterocycles. The second-order valence-electron chi connectivity index (χ2n) is 5.93. The number of rotatable bonds is 4. The number of carbonyl (C=O) groups is 2. The predicted molar refractivity (Wildman–Crippen MR) is 69.9 cm³/mol. The van der Waals surface area contributed by atoms with Crippen LogP contribution < -0.4 is 5.32 Å². The zero-order valence-corrected chi connectivity index (χ0v) is 11.4. The number of nitrogens with zero attached hydrogens (tertiary/aromatic N) is 1. The predicted octanol–water partition coefficient (Wildman–Crippen LogP) is 1.55. The van der Waals surface area contributed by atoms with Gasteiger partial charge in [0.1, 0.15) is 0 Å². The van der Waals surface area contributed by atoms with Crippen molar-refractivity contribution in [1.29, 1.82) is 0 Å². The maximum absolute atomic E-state index is 11.7. The number of hydrogen-bond donors (Lipinski definition) is 1. The van der Waals surface area contributed by atoms with Crippen LogP contribution in [0, 0.1) is 11.8 Å². The Balaban J connectivity index is 1.69. The molecule has 1 heterocycles. The number of hydrogen-bond acceptors (Lipinski definition) is 3. The highest BCUT2D eigenvalue weighted by atomic mass is 16.2. The van der Waals surface area contributed by atoms with Crippen LogP contribution >= 0.6 is 0 Å². The van der Waals surface area contributed by atoms with Crippen LogP contribution in [0.3, 0.4) is 0 Å². The second kappa shape index (κ2) is 5.83. The number of nitrogens with one attached hydrogen (secondary N) is 1. The fraction of sp³-hybridized carbons (Fsp3) is 0.857. The molecule has 0 bridgehead atoms. The summed E-state index contributed by atoms with van der Waals surface area (Å²) >= 11 is 0. The van der Waals surface area contributed by atoms with Crippen LogP contribution in [-0.4, -0.2) is 36.3 Å². The topological polar surface area (TPSA) is 49.4 Å². The third-order valence-corrected chi connectivity index (χ3v) is 4.37. The molecule has 2 rings (SSSR count). The van der Waals surface area contributed by atoms with E-state index >= 15 is 0 Å². The van der Waals surface area contributed by atoms with E-state index in [-0.39, 0.29) is 17.9 Å². The summed E-state index contributed by atoms with van der Waals surface area (Å²) in [5.74, 6) is 1.51. The molecule has 0 aromatic rings.